The van der Waals surface area contributed by atoms with Gasteiger partial charge < -0.3 is 45.3 Å². The van der Waals surface area contributed by atoms with E-state index in [4.69, 9.17) is 0 Å². The Kier molecular flexibility index (Phi) is 9.97. The molecule has 276 valence electrons. The van der Waals surface area contributed by atoms with Crippen LogP contribution in [0.3, 0.4) is 0 Å². The van der Waals surface area contributed by atoms with Crippen LogP contribution in [0.25, 0.3) is 27.3 Å². The summed E-state index contributed by atoms with van der Waals surface area (Å²) in [5, 5.41) is 23.3. The zero-order valence-corrected chi connectivity index (χ0v) is 30.0. The van der Waals surface area contributed by atoms with Crippen molar-refractivity contribution >= 4 is 62.2 Å². The van der Waals surface area contributed by atoms with Crippen LogP contribution in [0.4, 0.5) is 17.2 Å². The van der Waals surface area contributed by atoms with Gasteiger partial charge in [0.25, 0.3) is 11.8 Å². The van der Waals surface area contributed by atoms with E-state index in [1.807, 2.05) is 40.8 Å². The third-order valence-electron chi connectivity index (χ3n) is 9.71. The molecule has 0 atom stereocenters. The van der Waals surface area contributed by atoms with Gasteiger partial charge in [-0.05, 0) is 50.2 Å². The van der Waals surface area contributed by atoms with Crippen LogP contribution in [-0.4, -0.2) is 108 Å². The van der Waals surface area contributed by atoms with Crippen molar-refractivity contribution in [3.05, 3.63) is 76.9 Å². The van der Waals surface area contributed by atoms with Gasteiger partial charge in [-0.25, -0.2) is 9.97 Å². The molecule has 7 rings (SSSR count). The third-order valence-corrected chi connectivity index (χ3v) is 9.71. The molecule has 0 radical (unpaired) electrons. The number of imidazole rings is 2. The summed E-state index contributed by atoms with van der Waals surface area (Å²) in [5.41, 5.74) is 3.46. The number of aryl methyl sites for hydroxylation is 2. The first-order valence-corrected chi connectivity index (χ1v) is 17.7. The molecule has 1 fully saturated rings. The molecule has 0 aliphatic carbocycles. The number of hydrogen-bond donors (Lipinski definition) is 5. The number of carbonyl (C=O) groups is 3. The highest BCUT2D eigenvalue weighted by Gasteiger charge is 2.23. The van der Waals surface area contributed by atoms with Crippen LogP contribution in [0, 0.1) is 0 Å². The molecular weight excluding hydrogens is 678 g/mol. The van der Waals surface area contributed by atoms with E-state index in [0.29, 0.717) is 17.3 Å². The fourth-order valence-corrected chi connectivity index (χ4v) is 7.10. The second-order valence-corrected chi connectivity index (χ2v) is 13.4. The molecule has 3 amide bonds. The molecule has 53 heavy (non-hydrogen) atoms. The molecule has 16 nitrogen and oxygen atoms in total. The first-order valence-electron chi connectivity index (χ1n) is 17.7. The maximum atomic E-state index is 13.5. The first-order chi connectivity index (χ1) is 25.6. The highest BCUT2D eigenvalue weighted by molar-refractivity contribution is 6.08. The zero-order chi connectivity index (χ0) is 37.2. The molecule has 5 N–H and O–H groups in total. The minimum atomic E-state index is -0.639. The number of pyridine rings is 1. The maximum Gasteiger partial charge on any atom is 0.287 e. The largest absolute Gasteiger partial charge is 0.504 e. The Labute approximate surface area is 304 Å². The van der Waals surface area contributed by atoms with Crippen molar-refractivity contribution in [2.75, 3.05) is 68.3 Å². The highest BCUT2D eigenvalue weighted by Crippen LogP contribution is 2.30. The number of nitrogens with zero attached hydrogens (tertiary/aromatic N) is 7. The van der Waals surface area contributed by atoms with E-state index in [0.717, 1.165) is 80.9 Å². The van der Waals surface area contributed by atoms with Gasteiger partial charge >= 0.3 is 0 Å². The van der Waals surface area contributed by atoms with E-state index < -0.39 is 5.91 Å². The van der Waals surface area contributed by atoms with Crippen LogP contribution in [-0.2, 0) is 18.9 Å². The number of amides is 3. The van der Waals surface area contributed by atoms with Crippen molar-refractivity contribution in [2.24, 2.45) is 14.1 Å². The lowest BCUT2D eigenvalue weighted by atomic mass is 10.1. The van der Waals surface area contributed by atoms with Gasteiger partial charge in [0.2, 0.25) is 11.7 Å². The first kappa shape index (κ1) is 35.4. The van der Waals surface area contributed by atoms with Crippen molar-refractivity contribution in [3.63, 3.8) is 0 Å². The van der Waals surface area contributed by atoms with Gasteiger partial charge in [0, 0.05) is 83.8 Å². The number of para-hydroxylation sites is 1. The highest BCUT2D eigenvalue weighted by atomic mass is 16.3. The van der Waals surface area contributed by atoms with Crippen LogP contribution in [0.2, 0.25) is 0 Å². The fraction of sp³-hybridized carbons (Fsp3) is 0.351. The summed E-state index contributed by atoms with van der Waals surface area (Å²) in [6, 6.07) is 11.6. The number of anilines is 3. The number of fused-ring (bicyclic) bond motifs is 2. The molecule has 4 aromatic heterocycles. The quantitative estimate of drug-likeness (QED) is 0.0879. The van der Waals surface area contributed by atoms with Gasteiger partial charge in [-0.1, -0.05) is 12.1 Å². The fourth-order valence-electron chi connectivity index (χ4n) is 7.10. The maximum absolute atomic E-state index is 13.5. The molecule has 6 aromatic rings. The van der Waals surface area contributed by atoms with Crippen molar-refractivity contribution in [2.45, 2.75) is 19.8 Å². The van der Waals surface area contributed by atoms with E-state index in [-0.39, 0.29) is 46.0 Å². The molecule has 0 saturated carbocycles. The summed E-state index contributed by atoms with van der Waals surface area (Å²) in [6.07, 6.45) is 6.46. The van der Waals surface area contributed by atoms with Crippen molar-refractivity contribution < 1.29 is 19.5 Å². The van der Waals surface area contributed by atoms with E-state index in [2.05, 4.69) is 41.0 Å². The summed E-state index contributed by atoms with van der Waals surface area (Å²) in [7, 11) is 3.23. The van der Waals surface area contributed by atoms with Crippen LogP contribution in [0.1, 0.15) is 40.9 Å². The zero-order valence-electron chi connectivity index (χ0n) is 30.0. The Hall–Kier alpha value is -6.00. The molecule has 1 saturated heterocycles. The van der Waals surface area contributed by atoms with Gasteiger partial charge in [0.1, 0.15) is 12.0 Å². The average Bonchev–Trinajstić information content (AvgIpc) is 3.82. The lowest BCUT2D eigenvalue weighted by Gasteiger charge is -2.34. The van der Waals surface area contributed by atoms with Crippen molar-refractivity contribution in [3.8, 4) is 5.75 Å². The molecule has 0 spiro atoms. The summed E-state index contributed by atoms with van der Waals surface area (Å²) in [4.78, 5) is 64.3. The van der Waals surface area contributed by atoms with Crippen molar-refractivity contribution in [1.82, 2.24) is 38.6 Å². The number of carbonyl (C=O) groups excluding carboxylic acids is 3. The second kappa shape index (κ2) is 14.9. The van der Waals surface area contributed by atoms with E-state index >= 15 is 0 Å². The van der Waals surface area contributed by atoms with E-state index in [1.54, 1.807) is 20.4 Å². The number of aromatic hydroxyl groups is 1. The Morgan fingerprint density at radius 1 is 0.849 bits per heavy atom. The van der Waals surface area contributed by atoms with Crippen LogP contribution < -0.4 is 26.7 Å². The van der Waals surface area contributed by atoms with Gasteiger partial charge in [0.15, 0.2) is 22.7 Å². The molecule has 1 aliphatic rings. The number of hydrogen-bond acceptors (Lipinski definition) is 10. The Morgan fingerprint density at radius 2 is 1.57 bits per heavy atom. The summed E-state index contributed by atoms with van der Waals surface area (Å²) in [6.45, 7) is 8.18. The van der Waals surface area contributed by atoms with Crippen LogP contribution in [0.5, 0.6) is 5.75 Å². The summed E-state index contributed by atoms with van der Waals surface area (Å²) in [5.74, 6) is -1.45. The van der Waals surface area contributed by atoms with Crippen molar-refractivity contribution in [1.29, 1.82) is 0 Å². The Morgan fingerprint density at radius 3 is 2.30 bits per heavy atom. The van der Waals surface area contributed by atoms with Gasteiger partial charge in [-0.15, -0.1) is 0 Å². The number of rotatable bonds is 13. The lowest BCUT2D eigenvalue weighted by Crippen LogP contribution is -2.47. The molecule has 0 unspecified atom stereocenters. The number of aromatic nitrogens is 5. The average molecular weight is 722 g/mol. The van der Waals surface area contributed by atoms with Crippen LogP contribution >= 0.6 is 0 Å². The van der Waals surface area contributed by atoms with Gasteiger partial charge in [0.05, 0.1) is 21.9 Å². The topological polar surface area (TPSA) is 183 Å². The standard InChI is InChI=1S/C37H43N11O5/c1-23(49)41-27-20-44(2)32(34(27)51)36(52)43-29-21-45(3)35(42-29)37(53)39-13-7-15-47-18-16-46(17-19-47)14-6-12-38-25-10-11-26-31-30(25)33(50)24-8-4-5-9-28(24)48(31)22-40-26/h4-5,8-11,20-22,38,51H,6-7,12-19H2,1-3H3,(H,39,53)(H,41,49)(H,43,52). The molecule has 2 aromatic carbocycles. The van der Waals surface area contributed by atoms with E-state index in [1.165, 1.54) is 28.5 Å². The molecule has 0 bridgehead atoms. The molecule has 1 aliphatic heterocycles. The Bertz CT molecular complexity index is 2370. The lowest BCUT2D eigenvalue weighted by molar-refractivity contribution is -0.114. The molecule has 5 heterocycles. The van der Waals surface area contributed by atoms with E-state index in [9.17, 15) is 24.3 Å². The number of benzene rings is 2. The molecule has 16 heteroatoms. The number of piperazine rings is 1. The van der Waals surface area contributed by atoms with Gasteiger partial charge in [-0.2, -0.15) is 0 Å². The smallest absolute Gasteiger partial charge is 0.287 e. The SMILES string of the molecule is CC(=O)Nc1cn(C)c(C(=O)Nc2cn(C)c(C(=O)NCCCN3CCN(CCCNc4ccc5ncn6c7ccccc7c(=O)c4c56)CC3)n2)c1O. The Balaban J connectivity index is 0.823. The minimum absolute atomic E-state index is 0.0241. The third kappa shape index (κ3) is 7.23. The predicted molar refractivity (Wildman–Crippen MR) is 203 cm³/mol. The monoisotopic (exact) mass is 721 g/mol. The number of nitrogens with one attached hydrogen (secondary N) is 4. The van der Waals surface area contributed by atoms with Crippen LogP contribution in [0.15, 0.2) is 59.9 Å². The molecular formula is C37H43N11O5. The predicted octanol–water partition coefficient (Wildman–Crippen LogP) is 2.67. The normalized spacial score (nSPS) is 13.9. The summed E-state index contributed by atoms with van der Waals surface area (Å²) < 4.78 is 4.93. The summed E-state index contributed by atoms with van der Waals surface area (Å²) >= 11 is 0. The second-order valence-electron chi connectivity index (χ2n) is 13.4. The van der Waals surface area contributed by atoms with Gasteiger partial charge in [-0.3, -0.25) is 23.6 Å². The minimum Gasteiger partial charge on any atom is -0.504 e.